The normalized spacial score (nSPS) is 13.3. The highest BCUT2D eigenvalue weighted by atomic mass is 32.2. The first-order valence-electron chi connectivity index (χ1n) is 14.9. The molecule has 2 atom stereocenters. The number of rotatable bonds is 11. The number of carbonyl (C=O) groups excluding carboxylic acids is 2. The molecule has 3 heterocycles. The molecule has 6 rings (SSSR count). The first kappa shape index (κ1) is 32.6. The zero-order valence-corrected chi connectivity index (χ0v) is 27.9. The lowest BCUT2D eigenvalue weighted by Crippen LogP contribution is -2.36. The van der Waals surface area contributed by atoms with Crippen molar-refractivity contribution in [2.45, 2.75) is 22.8 Å². The van der Waals surface area contributed by atoms with Gasteiger partial charge in [-0.05, 0) is 73.7 Å². The summed E-state index contributed by atoms with van der Waals surface area (Å²) in [5.41, 5.74) is 2.66. The molecule has 242 valence electrons. The largest absolute Gasteiger partial charge is 0.468 e. The van der Waals surface area contributed by atoms with Crippen molar-refractivity contribution in [2.75, 3.05) is 14.2 Å². The van der Waals surface area contributed by atoms with Crippen molar-refractivity contribution >= 4 is 65.3 Å². The SMILES string of the molecule is CNC(=O)c1ccccc1Sc1ccc2c(/C=C/c3ccccn3)nn(P(=O)(N[C@@H](C)C(=O)OC)Oc3cccc4cccnc34)c2c1. The Kier molecular flexibility index (Phi) is 9.67. The third-order valence-corrected chi connectivity index (χ3v) is 10.4. The second-order valence-corrected chi connectivity index (χ2v) is 13.5. The standard InChI is InChI=1S/C35H31N6O5PS/c1-23(35(43)45-3)40-47(44,46-31-14-8-10-24-11-9-21-38-33(24)31)41-30-22-26(48-32-15-5-4-13-28(32)34(42)36-2)17-18-27(30)29(39-41)19-16-25-12-6-7-20-37-25/h4-23H,1-3H3,(H,36,42)(H,40,44)/b19-16+/t23-,47?/m0/s1. The van der Waals surface area contributed by atoms with Crippen molar-refractivity contribution < 1.29 is 23.4 Å². The number of para-hydroxylation sites is 1. The number of fused-ring (bicyclic) bond motifs is 2. The van der Waals surface area contributed by atoms with Gasteiger partial charge in [-0.2, -0.15) is 9.55 Å². The van der Waals surface area contributed by atoms with E-state index in [4.69, 9.17) is 14.4 Å². The molecule has 0 saturated heterocycles. The highest BCUT2D eigenvalue weighted by Gasteiger charge is 2.36. The molecular weight excluding hydrogens is 647 g/mol. The summed E-state index contributed by atoms with van der Waals surface area (Å²) in [6.45, 7) is 1.54. The third kappa shape index (κ3) is 6.86. The van der Waals surface area contributed by atoms with Crippen molar-refractivity contribution in [2.24, 2.45) is 0 Å². The Balaban J connectivity index is 1.53. The zero-order chi connectivity index (χ0) is 33.7. The average Bonchev–Trinajstić information content (AvgIpc) is 3.49. The third-order valence-electron chi connectivity index (χ3n) is 7.33. The molecule has 0 fully saturated rings. The number of nitrogens with zero attached hydrogens (tertiary/aromatic N) is 4. The quantitative estimate of drug-likeness (QED) is 0.111. The Labute approximate surface area is 281 Å². The summed E-state index contributed by atoms with van der Waals surface area (Å²) < 4.78 is 27.8. The Morgan fingerprint density at radius 3 is 2.52 bits per heavy atom. The van der Waals surface area contributed by atoms with Gasteiger partial charge in [-0.25, -0.2) is 9.65 Å². The number of ether oxygens (including phenoxy) is 1. The van der Waals surface area contributed by atoms with E-state index in [2.05, 4.69) is 20.4 Å². The van der Waals surface area contributed by atoms with E-state index in [1.807, 2.05) is 60.7 Å². The molecule has 0 spiro atoms. The van der Waals surface area contributed by atoms with Gasteiger partial charge in [0.15, 0.2) is 5.75 Å². The zero-order valence-electron chi connectivity index (χ0n) is 26.2. The second-order valence-electron chi connectivity index (χ2n) is 10.5. The molecule has 48 heavy (non-hydrogen) atoms. The van der Waals surface area contributed by atoms with Gasteiger partial charge < -0.3 is 14.6 Å². The molecule has 3 aromatic heterocycles. The van der Waals surface area contributed by atoms with Gasteiger partial charge in [0, 0.05) is 40.0 Å². The van der Waals surface area contributed by atoms with Crippen LogP contribution in [-0.4, -0.2) is 51.6 Å². The lowest BCUT2D eigenvalue weighted by atomic mass is 10.2. The van der Waals surface area contributed by atoms with Crippen molar-refractivity contribution in [3.63, 3.8) is 0 Å². The lowest BCUT2D eigenvalue weighted by molar-refractivity contribution is -0.142. The summed E-state index contributed by atoms with van der Waals surface area (Å²) in [4.78, 5) is 35.5. The maximum absolute atomic E-state index is 15.2. The van der Waals surface area contributed by atoms with Gasteiger partial charge in [0.2, 0.25) is 0 Å². The van der Waals surface area contributed by atoms with Crippen molar-refractivity contribution in [3.8, 4) is 5.75 Å². The van der Waals surface area contributed by atoms with E-state index in [0.717, 1.165) is 15.2 Å². The molecule has 3 aromatic carbocycles. The van der Waals surface area contributed by atoms with E-state index >= 15 is 4.57 Å². The fraction of sp³-hybridized carbons (Fsp3) is 0.114. The van der Waals surface area contributed by atoms with Crippen molar-refractivity contribution in [1.82, 2.24) is 29.9 Å². The monoisotopic (exact) mass is 678 g/mol. The summed E-state index contributed by atoms with van der Waals surface area (Å²) in [7, 11) is -1.44. The smallest absolute Gasteiger partial charge is 0.440 e. The van der Waals surface area contributed by atoms with E-state index in [-0.39, 0.29) is 11.7 Å². The fourth-order valence-electron chi connectivity index (χ4n) is 5.01. The second kappa shape index (κ2) is 14.2. The molecule has 0 saturated carbocycles. The molecule has 0 aliphatic carbocycles. The fourth-order valence-corrected chi connectivity index (χ4v) is 7.90. The predicted molar refractivity (Wildman–Crippen MR) is 187 cm³/mol. The molecular formula is C35H31N6O5PS. The Hall–Kier alpha value is -5.29. The number of amides is 1. The van der Waals surface area contributed by atoms with Crippen LogP contribution >= 0.6 is 19.4 Å². The van der Waals surface area contributed by atoms with E-state index < -0.39 is 19.7 Å². The molecule has 1 unspecified atom stereocenters. The lowest BCUT2D eigenvalue weighted by Gasteiger charge is -2.24. The van der Waals surface area contributed by atoms with Crippen LogP contribution in [0.2, 0.25) is 0 Å². The number of pyridine rings is 2. The number of methoxy groups -OCH3 is 1. The van der Waals surface area contributed by atoms with Crippen LogP contribution in [0, 0.1) is 0 Å². The number of carbonyl (C=O) groups is 2. The van der Waals surface area contributed by atoms with Gasteiger partial charge in [-0.1, -0.05) is 48.2 Å². The van der Waals surface area contributed by atoms with Gasteiger partial charge in [-0.3, -0.25) is 19.6 Å². The number of esters is 1. The van der Waals surface area contributed by atoms with Crippen LogP contribution in [0.25, 0.3) is 34.0 Å². The molecule has 2 N–H and O–H groups in total. The van der Waals surface area contributed by atoms with Gasteiger partial charge in [0.1, 0.15) is 11.6 Å². The summed E-state index contributed by atoms with van der Waals surface area (Å²) in [5.74, 6) is -0.613. The summed E-state index contributed by atoms with van der Waals surface area (Å²) in [6, 6.07) is 26.4. The molecule has 0 bridgehead atoms. The van der Waals surface area contributed by atoms with E-state index in [1.165, 1.54) is 30.2 Å². The highest BCUT2D eigenvalue weighted by molar-refractivity contribution is 7.99. The minimum absolute atomic E-state index is 0.214. The molecule has 11 nitrogen and oxygen atoms in total. The van der Waals surface area contributed by atoms with Crippen LogP contribution in [0.4, 0.5) is 0 Å². The first-order valence-corrected chi connectivity index (χ1v) is 17.3. The van der Waals surface area contributed by atoms with Crippen molar-refractivity contribution in [1.29, 1.82) is 0 Å². The van der Waals surface area contributed by atoms with Crippen LogP contribution in [0.1, 0.15) is 28.7 Å². The van der Waals surface area contributed by atoms with E-state index in [1.54, 1.807) is 61.9 Å². The number of hydrogen-bond donors (Lipinski definition) is 2. The van der Waals surface area contributed by atoms with Crippen molar-refractivity contribution in [3.05, 3.63) is 120 Å². The first-order chi connectivity index (χ1) is 23.3. The number of hydrogen-bond acceptors (Lipinski definition) is 9. The van der Waals surface area contributed by atoms with Gasteiger partial charge in [-0.15, -0.1) is 0 Å². The number of aromatic nitrogens is 4. The Bertz CT molecular complexity index is 2200. The van der Waals surface area contributed by atoms with E-state index in [0.29, 0.717) is 33.4 Å². The predicted octanol–water partition coefficient (Wildman–Crippen LogP) is 6.85. The number of benzene rings is 3. The molecule has 0 radical (unpaired) electrons. The molecule has 0 aliphatic rings. The maximum Gasteiger partial charge on any atom is 0.440 e. The Morgan fingerprint density at radius 2 is 1.73 bits per heavy atom. The van der Waals surface area contributed by atoms with Crippen LogP contribution in [-0.2, 0) is 14.1 Å². The minimum Gasteiger partial charge on any atom is -0.468 e. The summed E-state index contributed by atoms with van der Waals surface area (Å²) >= 11 is 1.37. The Morgan fingerprint density at radius 1 is 0.938 bits per heavy atom. The minimum atomic E-state index is -4.28. The molecule has 1 amide bonds. The van der Waals surface area contributed by atoms with E-state index in [9.17, 15) is 9.59 Å². The number of nitrogens with one attached hydrogen (secondary N) is 2. The van der Waals surface area contributed by atoms with Gasteiger partial charge in [0.05, 0.1) is 29.6 Å². The molecule has 13 heteroatoms. The molecule has 0 aliphatic heterocycles. The average molecular weight is 679 g/mol. The van der Waals surface area contributed by atoms with Gasteiger partial charge in [0.25, 0.3) is 5.91 Å². The van der Waals surface area contributed by atoms with Crippen LogP contribution < -0.4 is 14.9 Å². The summed E-state index contributed by atoms with van der Waals surface area (Å²) in [5, 5.41) is 11.8. The topological polar surface area (TPSA) is 137 Å². The maximum atomic E-state index is 15.2. The van der Waals surface area contributed by atoms with Crippen LogP contribution in [0.3, 0.4) is 0 Å². The van der Waals surface area contributed by atoms with Crippen LogP contribution in [0.15, 0.2) is 113 Å². The highest BCUT2D eigenvalue weighted by Crippen LogP contribution is 2.49. The van der Waals surface area contributed by atoms with Gasteiger partial charge >= 0.3 is 13.6 Å². The molecule has 6 aromatic rings. The summed E-state index contributed by atoms with van der Waals surface area (Å²) in [6.07, 6.45) is 6.89. The van der Waals surface area contributed by atoms with Crippen LogP contribution in [0.5, 0.6) is 5.75 Å².